The van der Waals surface area contributed by atoms with Crippen molar-refractivity contribution in [1.29, 1.82) is 0 Å². The second-order valence-corrected chi connectivity index (χ2v) is 10.2. The number of nitrogens with two attached hydrogens (primary N) is 1. The van der Waals surface area contributed by atoms with Crippen molar-refractivity contribution in [2.24, 2.45) is 11.1 Å². The monoisotopic (exact) mass is 608 g/mol. The minimum absolute atomic E-state index is 0. The van der Waals surface area contributed by atoms with Crippen molar-refractivity contribution in [3.8, 4) is 0 Å². The van der Waals surface area contributed by atoms with Crippen molar-refractivity contribution in [3.05, 3.63) is 47.6 Å². The summed E-state index contributed by atoms with van der Waals surface area (Å²) in [5, 5.41) is 18.8. The van der Waals surface area contributed by atoms with Crippen LogP contribution in [0.15, 0.2) is 29.9 Å². The number of Topliss-reactive ketones (excluding diaryl/α,β-unsaturated/α-hetero) is 1. The van der Waals surface area contributed by atoms with Crippen molar-refractivity contribution < 1.29 is 32.8 Å². The molecular formula is C27H41ClF4N6O3. The summed E-state index contributed by atoms with van der Waals surface area (Å²) in [6.07, 6.45) is 6.35. The van der Waals surface area contributed by atoms with Crippen LogP contribution >= 0.6 is 12.4 Å². The van der Waals surface area contributed by atoms with Gasteiger partial charge in [-0.25, -0.2) is 43.4 Å². The average molecular weight is 609 g/mol. The third kappa shape index (κ3) is 9.11. The molecule has 4 N–H and O–H groups in total. The van der Waals surface area contributed by atoms with Gasteiger partial charge in [-0.05, 0) is 53.4 Å². The van der Waals surface area contributed by atoms with Crippen molar-refractivity contribution in [1.82, 2.24) is 19.9 Å². The zero-order valence-electron chi connectivity index (χ0n) is 23.0. The molecule has 232 valence electrons. The van der Waals surface area contributed by atoms with E-state index in [1.54, 1.807) is 45.6 Å². The summed E-state index contributed by atoms with van der Waals surface area (Å²) in [4.78, 5) is 28.3. The van der Waals surface area contributed by atoms with Crippen LogP contribution in [-0.2, 0) is 15.6 Å². The molecule has 2 aromatic rings. The molecule has 2 saturated carbocycles. The highest BCUT2D eigenvalue weighted by Crippen LogP contribution is 2.47. The van der Waals surface area contributed by atoms with Gasteiger partial charge in [0.2, 0.25) is 11.8 Å². The van der Waals surface area contributed by atoms with Crippen LogP contribution in [0.25, 0.3) is 0 Å². The molecule has 0 bridgehead atoms. The van der Waals surface area contributed by atoms with Gasteiger partial charge in [-0.1, -0.05) is 12.6 Å². The number of halogens is 5. The molecule has 0 spiro atoms. The molecule has 2 heterocycles. The van der Waals surface area contributed by atoms with E-state index in [1.165, 1.54) is 6.92 Å². The van der Waals surface area contributed by atoms with Crippen molar-refractivity contribution in [2.75, 3.05) is 0 Å². The molecule has 2 fully saturated rings. The Morgan fingerprint density at radius 2 is 1.02 bits per heavy atom. The topological polar surface area (TPSA) is 147 Å². The normalized spacial score (nSPS) is 19.9. The van der Waals surface area contributed by atoms with E-state index in [2.05, 4.69) is 31.0 Å². The molecule has 2 aliphatic carbocycles. The summed E-state index contributed by atoms with van der Waals surface area (Å²) in [6.45, 7) is 6.63. The molecule has 9 nitrogen and oxygen atoms in total. The maximum absolute atomic E-state index is 13.4. The maximum atomic E-state index is 13.4. The quantitative estimate of drug-likeness (QED) is 0.159. The number of aryl methyl sites for hydroxylation is 2. The molecule has 0 aromatic carbocycles. The fourth-order valence-electron chi connectivity index (χ4n) is 5.16. The predicted molar refractivity (Wildman–Crippen MR) is 149 cm³/mol. The first-order chi connectivity index (χ1) is 18.3. The van der Waals surface area contributed by atoms with Gasteiger partial charge >= 0.3 is 0 Å². The number of aromatic nitrogens is 4. The third-order valence-corrected chi connectivity index (χ3v) is 7.85. The van der Waals surface area contributed by atoms with Crippen LogP contribution < -0.4 is 5.90 Å². The lowest BCUT2D eigenvalue weighted by molar-refractivity contribution is -0.127. The highest BCUT2D eigenvalue weighted by Gasteiger charge is 2.48. The van der Waals surface area contributed by atoms with Gasteiger partial charge in [0.25, 0.3) is 0 Å². The summed E-state index contributed by atoms with van der Waals surface area (Å²) in [7, 11) is 0. The first kappa shape index (κ1) is 38.2. The van der Waals surface area contributed by atoms with Gasteiger partial charge in [0.15, 0.2) is 0 Å². The van der Waals surface area contributed by atoms with Crippen LogP contribution in [0, 0.1) is 13.8 Å². The fourth-order valence-corrected chi connectivity index (χ4v) is 5.16. The Labute approximate surface area is 244 Å². The van der Waals surface area contributed by atoms with Crippen LogP contribution in [0.3, 0.4) is 0 Å². The fraction of sp³-hybridized carbons (Fsp3) is 0.630. The van der Waals surface area contributed by atoms with Crippen LogP contribution in [0.4, 0.5) is 17.6 Å². The number of carbonyl (C=O) groups excluding carboxylic acids is 1. The first-order valence-corrected chi connectivity index (χ1v) is 12.6. The summed E-state index contributed by atoms with van der Waals surface area (Å²) in [5.41, 5.74) is 0.343. The van der Waals surface area contributed by atoms with Gasteiger partial charge in [0.05, 0.1) is 11.1 Å². The standard InChI is InChI=1S/C13H17F2N3O.C13H16F2N2O.CH4.ClH.H3NO/c1-9(18-19)12(3-5-13(14,15)6-4-12)11-7-16-10(2)17-8-11;1-9(18)12(3-5-13(14,15)6-4-12)11-7-16-10(2)17-8-11;;;1-2/h7-8,19H,3-6H2,1-2H3;7-8H,3-6H2,1-2H3;1H4;1H;2H,1H2/b18-9-;;;;. The van der Waals surface area contributed by atoms with Gasteiger partial charge < -0.3 is 10.4 Å². The SMILES string of the molecule is C.C/C(=N/O)C1(c2cnc(C)nc2)CCC(F)(F)CC1.CC(=O)C1(c2cnc(C)nc2)CCC(F)(F)CC1.Cl.NO. The lowest BCUT2D eigenvalue weighted by Gasteiger charge is -2.39. The van der Waals surface area contributed by atoms with Crippen molar-refractivity contribution in [2.45, 2.75) is 109 Å². The number of hydrogen-bond donors (Lipinski definition) is 3. The minimum atomic E-state index is -2.65. The van der Waals surface area contributed by atoms with Gasteiger partial charge in [0, 0.05) is 67.0 Å². The van der Waals surface area contributed by atoms with Crippen LogP contribution in [0.1, 0.15) is 95.4 Å². The van der Waals surface area contributed by atoms with Gasteiger partial charge in [-0.3, -0.25) is 4.79 Å². The summed E-state index contributed by atoms with van der Waals surface area (Å²) >= 11 is 0. The maximum Gasteiger partial charge on any atom is 0.248 e. The van der Waals surface area contributed by atoms with Gasteiger partial charge in [-0.15, -0.1) is 12.4 Å². The Hall–Kier alpha value is -2.77. The number of oxime groups is 1. The molecule has 0 saturated heterocycles. The molecular weight excluding hydrogens is 568 g/mol. The number of ketones is 1. The first-order valence-electron chi connectivity index (χ1n) is 12.6. The minimum Gasteiger partial charge on any atom is -0.411 e. The summed E-state index contributed by atoms with van der Waals surface area (Å²) in [5.74, 6) is -0.627. The molecule has 0 amide bonds. The van der Waals surface area contributed by atoms with Gasteiger partial charge in [0.1, 0.15) is 17.4 Å². The van der Waals surface area contributed by atoms with E-state index in [0.717, 1.165) is 5.56 Å². The lowest BCUT2D eigenvalue weighted by atomic mass is 9.66. The second kappa shape index (κ2) is 15.5. The largest absolute Gasteiger partial charge is 0.411 e. The van der Waals surface area contributed by atoms with Crippen LogP contribution in [0.2, 0.25) is 0 Å². The van der Waals surface area contributed by atoms with Crippen LogP contribution in [0.5, 0.6) is 0 Å². The second-order valence-electron chi connectivity index (χ2n) is 10.2. The Bertz CT molecular complexity index is 1110. The number of alkyl halides is 4. The van der Waals surface area contributed by atoms with Crippen LogP contribution in [-0.4, -0.2) is 53.7 Å². The van der Waals surface area contributed by atoms with E-state index in [-0.39, 0.29) is 77.0 Å². The van der Waals surface area contributed by atoms with Crippen molar-refractivity contribution in [3.63, 3.8) is 0 Å². The molecule has 2 aromatic heterocycles. The molecule has 0 aliphatic heterocycles. The molecule has 14 heteroatoms. The zero-order valence-corrected chi connectivity index (χ0v) is 23.8. The van der Waals surface area contributed by atoms with E-state index in [9.17, 15) is 22.4 Å². The highest BCUT2D eigenvalue weighted by atomic mass is 35.5. The average Bonchev–Trinajstić information content (AvgIpc) is 2.91. The van der Waals surface area contributed by atoms with E-state index >= 15 is 0 Å². The third-order valence-electron chi connectivity index (χ3n) is 7.85. The number of nitrogens with zero attached hydrogens (tertiary/aromatic N) is 5. The summed E-state index contributed by atoms with van der Waals surface area (Å²) in [6, 6.07) is 0. The van der Waals surface area contributed by atoms with E-state index in [0.29, 0.717) is 22.9 Å². The molecule has 0 unspecified atom stereocenters. The Morgan fingerprint density at radius 3 is 1.32 bits per heavy atom. The summed E-state index contributed by atoms with van der Waals surface area (Å²) < 4.78 is 53.2. The van der Waals surface area contributed by atoms with E-state index in [4.69, 9.17) is 10.4 Å². The zero-order chi connectivity index (χ0) is 29.5. The van der Waals surface area contributed by atoms with Gasteiger partial charge in [-0.2, -0.15) is 0 Å². The number of hydrogen-bond acceptors (Lipinski definition) is 9. The Morgan fingerprint density at radius 1 is 0.732 bits per heavy atom. The molecule has 41 heavy (non-hydrogen) atoms. The predicted octanol–water partition coefficient (Wildman–Crippen LogP) is 6.30. The van der Waals surface area contributed by atoms with E-state index < -0.39 is 22.7 Å². The molecule has 4 rings (SSSR count). The Balaban J connectivity index is 0.000000704. The highest BCUT2D eigenvalue weighted by molar-refractivity contribution is 5.92. The Kier molecular flexibility index (Phi) is 14.4. The van der Waals surface area contributed by atoms with Crippen molar-refractivity contribution >= 4 is 23.9 Å². The molecule has 0 atom stereocenters. The molecule has 2 aliphatic rings. The number of carbonyl (C=O) groups is 1. The molecule has 0 radical (unpaired) electrons. The van der Waals surface area contributed by atoms with E-state index in [1.807, 2.05) is 0 Å². The smallest absolute Gasteiger partial charge is 0.248 e. The lowest BCUT2D eigenvalue weighted by Crippen LogP contribution is -2.42. The number of rotatable bonds is 4.